The first kappa shape index (κ1) is 36.4. The second-order valence-corrected chi connectivity index (χ2v) is 15.6. The number of likely N-dealkylation sites (tertiary alicyclic amines) is 1. The molecule has 1 unspecified atom stereocenters. The molecule has 12 heteroatoms. The van der Waals surface area contributed by atoms with Gasteiger partial charge in [-0.1, -0.05) is 68.9 Å². The molecule has 2 aliphatic carbocycles. The van der Waals surface area contributed by atoms with Crippen LogP contribution in [0.1, 0.15) is 103 Å². The molecule has 4 atom stereocenters. The van der Waals surface area contributed by atoms with Crippen molar-refractivity contribution in [3.63, 3.8) is 0 Å². The number of amides is 4. The minimum Gasteiger partial charge on any atom is -0.387 e. The summed E-state index contributed by atoms with van der Waals surface area (Å²) in [4.78, 5) is 75.4. The van der Waals surface area contributed by atoms with Gasteiger partial charge in [0, 0.05) is 42.3 Å². The van der Waals surface area contributed by atoms with Crippen molar-refractivity contribution >= 4 is 46.7 Å². The van der Waals surface area contributed by atoms with Gasteiger partial charge in [-0.3, -0.25) is 24.0 Å². The van der Waals surface area contributed by atoms with Gasteiger partial charge in [0.25, 0.3) is 5.91 Å². The van der Waals surface area contributed by atoms with Crippen LogP contribution in [0.15, 0.2) is 29.4 Å². The normalized spacial score (nSPS) is 23.5. The maximum atomic E-state index is 14.6. The number of ketones is 1. The number of nitrogens with zero attached hydrogens (tertiary/aromatic N) is 2. The van der Waals surface area contributed by atoms with E-state index in [1.807, 2.05) is 32.9 Å². The van der Waals surface area contributed by atoms with E-state index in [1.165, 1.54) is 11.3 Å². The summed E-state index contributed by atoms with van der Waals surface area (Å²) in [5, 5.41) is 13.3. The Kier molecular flexibility index (Phi) is 11.4. The van der Waals surface area contributed by atoms with Crippen molar-refractivity contribution in [3.8, 4) is 12.3 Å². The Balaban J connectivity index is 1.39. The van der Waals surface area contributed by atoms with Crippen LogP contribution in [0.25, 0.3) is 0 Å². The summed E-state index contributed by atoms with van der Waals surface area (Å²) in [5.74, 6) is -0.0387. The van der Waals surface area contributed by atoms with Gasteiger partial charge >= 0.3 is 0 Å². The van der Waals surface area contributed by atoms with Crippen molar-refractivity contribution in [3.05, 3.63) is 34.9 Å². The zero-order valence-electron chi connectivity index (χ0n) is 28.7. The van der Waals surface area contributed by atoms with Crippen molar-refractivity contribution < 1.29 is 28.8 Å². The third kappa shape index (κ3) is 9.21. The molecule has 49 heavy (non-hydrogen) atoms. The zero-order chi connectivity index (χ0) is 35.3. The average molecular weight is 694 g/mol. The highest BCUT2D eigenvalue weighted by atomic mass is 35.5. The monoisotopic (exact) mass is 693 g/mol. The molecule has 1 aromatic rings. The second kappa shape index (κ2) is 15.3. The molecule has 1 aromatic carbocycles. The second-order valence-electron chi connectivity index (χ2n) is 15.2. The van der Waals surface area contributed by atoms with Crippen LogP contribution in [0.5, 0.6) is 0 Å². The number of carbonyl (C=O) groups is 5. The first-order valence-corrected chi connectivity index (χ1v) is 17.9. The van der Waals surface area contributed by atoms with Crippen LogP contribution in [-0.2, 0) is 28.8 Å². The molecule has 0 radical (unpaired) electrons. The minimum absolute atomic E-state index is 0.0215. The third-order valence-electron chi connectivity index (χ3n) is 9.95. The van der Waals surface area contributed by atoms with Crippen LogP contribution in [0, 0.1) is 23.7 Å². The van der Waals surface area contributed by atoms with Gasteiger partial charge in [0.2, 0.25) is 23.5 Å². The molecule has 2 saturated carbocycles. The Morgan fingerprint density at radius 1 is 1.10 bits per heavy atom. The molecule has 4 aliphatic rings. The van der Waals surface area contributed by atoms with Gasteiger partial charge in [-0.25, -0.2) is 0 Å². The molecule has 1 spiro atoms. The van der Waals surface area contributed by atoms with Gasteiger partial charge in [0.15, 0.2) is 5.60 Å². The Morgan fingerprint density at radius 3 is 2.49 bits per heavy atom. The van der Waals surface area contributed by atoms with Crippen LogP contribution in [0.3, 0.4) is 0 Å². The lowest BCUT2D eigenvalue weighted by atomic mass is 9.84. The Labute approximate surface area is 293 Å². The predicted octanol–water partition coefficient (Wildman–Crippen LogP) is 4.05. The minimum atomic E-state index is -1.17. The summed E-state index contributed by atoms with van der Waals surface area (Å²) in [6, 6.07) is 3.97. The molecule has 3 N–H and O–H groups in total. The zero-order valence-corrected chi connectivity index (χ0v) is 29.4. The molecule has 2 heterocycles. The van der Waals surface area contributed by atoms with Crippen LogP contribution >= 0.6 is 11.6 Å². The summed E-state index contributed by atoms with van der Waals surface area (Å²) >= 11 is 6.24. The van der Waals surface area contributed by atoms with E-state index in [2.05, 4.69) is 27.0 Å². The molecule has 2 aliphatic heterocycles. The predicted molar refractivity (Wildman–Crippen MR) is 185 cm³/mol. The van der Waals surface area contributed by atoms with Crippen molar-refractivity contribution in [2.45, 2.75) is 128 Å². The van der Waals surface area contributed by atoms with E-state index in [0.717, 1.165) is 44.1 Å². The smallest absolute Gasteiger partial charge is 0.289 e. The standard InChI is InChI=1S/C37H48ClN5O6/c1-5-6-15-27(31(45)34(47)39-26-16-17-26)40-33(46)29-21-37(20-28(42-49-37)24-13-10-14-25(38)19-24)22-43(29)35(48)32(36(2,3)4)41-30(44)18-23-11-8-7-9-12-23/h1,10,13-14,19,23,26-27,29,32H,6-9,11-12,15-18,20-22H2,2-4H3,(H,39,47)(H,40,46)(H,41,44)/t27?,29-,32+,37+/m0/s1. The number of halogens is 1. The largest absolute Gasteiger partial charge is 0.387 e. The summed E-state index contributed by atoms with van der Waals surface area (Å²) in [7, 11) is 0. The number of hydrogen-bond donors (Lipinski definition) is 3. The molecule has 1 saturated heterocycles. The molecule has 3 fully saturated rings. The van der Waals surface area contributed by atoms with Gasteiger partial charge in [0.1, 0.15) is 12.1 Å². The number of terminal acetylenes is 1. The van der Waals surface area contributed by atoms with Crippen LogP contribution in [0.4, 0.5) is 0 Å². The highest BCUT2D eigenvalue weighted by molar-refractivity contribution is 6.38. The van der Waals surface area contributed by atoms with E-state index >= 15 is 0 Å². The van der Waals surface area contributed by atoms with E-state index in [9.17, 15) is 24.0 Å². The SMILES string of the molecule is C#CCCC(NC(=O)[C@@H]1C[C@]2(CC(c3cccc(Cl)c3)=NO2)CN1C(=O)[C@@H](NC(=O)CC1CCCCC1)C(C)(C)C)C(=O)C(=O)NC1CC1. The Bertz CT molecular complexity index is 1520. The molecule has 0 aromatic heterocycles. The number of carbonyl (C=O) groups excluding carboxylic acids is 5. The first-order valence-electron chi connectivity index (χ1n) is 17.5. The topological polar surface area (TPSA) is 146 Å². The number of Topliss-reactive ketones (excluding diaryl/α,β-unsaturated/α-hetero) is 1. The fourth-order valence-corrected chi connectivity index (χ4v) is 7.24. The molecular formula is C37H48ClN5O6. The number of rotatable bonds is 12. The van der Waals surface area contributed by atoms with Crippen LogP contribution in [-0.4, -0.2) is 76.3 Å². The average Bonchev–Trinajstić information content (AvgIpc) is 3.65. The summed E-state index contributed by atoms with van der Waals surface area (Å²) in [5.41, 5.74) is -0.338. The maximum absolute atomic E-state index is 14.6. The Morgan fingerprint density at radius 2 is 1.84 bits per heavy atom. The first-order chi connectivity index (χ1) is 23.3. The van der Waals surface area contributed by atoms with E-state index in [0.29, 0.717) is 23.6 Å². The van der Waals surface area contributed by atoms with Gasteiger partial charge in [-0.2, -0.15) is 0 Å². The molecule has 0 bridgehead atoms. The fourth-order valence-electron chi connectivity index (χ4n) is 7.05. The molecule has 11 nitrogen and oxygen atoms in total. The lowest BCUT2D eigenvalue weighted by Gasteiger charge is -2.36. The van der Waals surface area contributed by atoms with Crippen molar-refractivity contribution in [1.82, 2.24) is 20.9 Å². The quantitative estimate of drug-likeness (QED) is 0.223. The number of benzene rings is 1. The van der Waals surface area contributed by atoms with Gasteiger partial charge in [-0.05, 0) is 55.6 Å². The highest BCUT2D eigenvalue weighted by Gasteiger charge is 2.55. The maximum Gasteiger partial charge on any atom is 0.289 e. The number of nitrogens with one attached hydrogen (secondary N) is 3. The van der Waals surface area contributed by atoms with E-state index in [-0.39, 0.29) is 43.7 Å². The van der Waals surface area contributed by atoms with Crippen LogP contribution in [0.2, 0.25) is 5.02 Å². The lowest BCUT2D eigenvalue weighted by molar-refractivity contribution is -0.145. The summed E-state index contributed by atoms with van der Waals surface area (Å²) in [6.45, 7) is 5.64. The van der Waals surface area contributed by atoms with Crippen molar-refractivity contribution in [2.75, 3.05) is 6.54 Å². The van der Waals surface area contributed by atoms with Crippen molar-refractivity contribution in [2.24, 2.45) is 16.5 Å². The lowest BCUT2D eigenvalue weighted by Crippen LogP contribution is -2.59. The van der Waals surface area contributed by atoms with Gasteiger partial charge in [0.05, 0.1) is 18.3 Å². The summed E-state index contributed by atoms with van der Waals surface area (Å²) < 4.78 is 0. The molecule has 5 rings (SSSR count). The molecule has 4 amide bonds. The van der Waals surface area contributed by atoms with E-state index in [1.54, 1.807) is 12.1 Å². The third-order valence-corrected chi connectivity index (χ3v) is 10.2. The van der Waals surface area contributed by atoms with Crippen molar-refractivity contribution in [1.29, 1.82) is 0 Å². The van der Waals surface area contributed by atoms with Crippen LogP contribution < -0.4 is 16.0 Å². The highest BCUT2D eigenvalue weighted by Crippen LogP contribution is 2.40. The van der Waals surface area contributed by atoms with E-state index < -0.39 is 52.6 Å². The molecule has 264 valence electrons. The Hall–Kier alpha value is -3.91. The summed E-state index contributed by atoms with van der Waals surface area (Å²) in [6.07, 6.45) is 13.4. The van der Waals surface area contributed by atoms with E-state index in [4.69, 9.17) is 22.9 Å². The molecular weight excluding hydrogens is 646 g/mol. The van der Waals surface area contributed by atoms with Gasteiger partial charge < -0.3 is 25.7 Å². The fraction of sp³-hybridized carbons (Fsp3) is 0.622. The van der Waals surface area contributed by atoms with Gasteiger partial charge in [-0.15, -0.1) is 12.3 Å². The number of oxime groups is 1. The number of hydrogen-bond acceptors (Lipinski definition) is 7.